The minimum absolute atomic E-state index is 0.0354. The van der Waals surface area contributed by atoms with Crippen LogP contribution in [0.2, 0.25) is 0 Å². The Morgan fingerprint density at radius 3 is 3.12 bits per heavy atom. The van der Waals surface area contributed by atoms with E-state index < -0.39 is 5.97 Å². The van der Waals surface area contributed by atoms with E-state index in [9.17, 15) is 9.59 Å². The standard InChI is InChI=1S/C11H12N2O3/c1-16-11(15)7-13-9-4-5-12-6-8(9)2-3-10(13)14/h4-6H,2-3,7H2,1H3. The largest absolute Gasteiger partial charge is 0.468 e. The van der Waals surface area contributed by atoms with Gasteiger partial charge in [-0.1, -0.05) is 0 Å². The summed E-state index contributed by atoms with van der Waals surface area (Å²) in [5.41, 5.74) is 1.75. The van der Waals surface area contributed by atoms with Crippen molar-refractivity contribution in [1.82, 2.24) is 4.98 Å². The molecular formula is C11H12N2O3. The number of rotatable bonds is 2. The van der Waals surface area contributed by atoms with Crippen molar-refractivity contribution in [1.29, 1.82) is 0 Å². The van der Waals surface area contributed by atoms with Crippen LogP contribution in [0.5, 0.6) is 0 Å². The van der Waals surface area contributed by atoms with Crippen LogP contribution < -0.4 is 4.90 Å². The molecule has 0 fully saturated rings. The van der Waals surface area contributed by atoms with E-state index in [-0.39, 0.29) is 12.5 Å². The third-order valence-electron chi connectivity index (χ3n) is 2.59. The van der Waals surface area contributed by atoms with Crippen LogP contribution in [0.15, 0.2) is 18.5 Å². The summed E-state index contributed by atoms with van der Waals surface area (Å²) >= 11 is 0. The number of carbonyl (C=O) groups is 2. The summed E-state index contributed by atoms with van der Waals surface area (Å²) < 4.78 is 4.57. The molecule has 5 heteroatoms. The number of nitrogens with zero attached hydrogens (tertiary/aromatic N) is 2. The number of methoxy groups -OCH3 is 1. The molecule has 0 saturated carbocycles. The highest BCUT2D eigenvalue weighted by molar-refractivity contribution is 5.99. The van der Waals surface area contributed by atoms with Gasteiger partial charge in [0.25, 0.3) is 0 Å². The molecule has 1 aliphatic rings. The third-order valence-corrected chi connectivity index (χ3v) is 2.59. The first-order valence-electron chi connectivity index (χ1n) is 5.02. The molecule has 1 aromatic rings. The highest BCUT2D eigenvalue weighted by Gasteiger charge is 2.25. The predicted molar refractivity (Wildman–Crippen MR) is 56.9 cm³/mol. The minimum atomic E-state index is -0.419. The second-order valence-corrected chi connectivity index (χ2v) is 3.56. The van der Waals surface area contributed by atoms with Gasteiger partial charge in [-0.15, -0.1) is 0 Å². The number of esters is 1. The molecule has 0 atom stereocenters. The molecule has 1 aromatic heterocycles. The van der Waals surface area contributed by atoms with Crippen molar-refractivity contribution in [3.05, 3.63) is 24.0 Å². The third kappa shape index (κ3) is 1.88. The van der Waals surface area contributed by atoms with E-state index in [1.54, 1.807) is 18.5 Å². The Bertz CT molecular complexity index is 431. The van der Waals surface area contributed by atoms with Gasteiger partial charge in [-0.2, -0.15) is 0 Å². The summed E-state index contributed by atoms with van der Waals surface area (Å²) in [5, 5.41) is 0. The highest BCUT2D eigenvalue weighted by Crippen LogP contribution is 2.26. The van der Waals surface area contributed by atoms with Gasteiger partial charge in [0.15, 0.2) is 0 Å². The topological polar surface area (TPSA) is 59.5 Å². The van der Waals surface area contributed by atoms with Crippen molar-refractivity contribution in [2.75, 3.05) is 18.6 Å². The molecule has 5 nitrogen and oxygen atoms in total. The molecule has 0 unspecified atom stereocenters. The van der Waals surface area contributed by atoms with Crippen LogP contribution in [0.25, 0.3) is 0 Å². The maximum Gasteiger partial charge on any atom is 0.325 e. The highest BCUT2D eigenvalue weighted by atomic mass is 16.5. The lowest BCUT2D eigenvalue weighted by Gasteiger charge is -2.27. The van der Waals surface area contributed by atoms with E-state index in [0.717, 1.165) is 11.3 Å². The van der Waals surface area contributed by atoms with Gasteiger partial charge in [-0.05, 0) is 18.1 Å². The van der Waals surface area contributed by atoms with E-state index in [2.05, 4.69) is 9.72 Å². The van der Waals surface area contributed by atoms with Crippen molar-refractivity contribution >= 4 is 17.6 Å². The van der Waals surface area contributed by atoms with E-state index in [4.69, 9.17) is 0 Å². The number of aromatic nitrogens is 1. The molecule has 0 spiro atoms. The Balaban J connectivity index is 2.29. The van der Waals surface area contributed by atoms with Crippen LogP contribution in [0.3, 0.4) is 0 Å². The van der Waals surface area contributed by atoms with Gasteiger partial charge in [0.05, 0.1) is 12.8 Å². The summed E-state index contributed by atoms with van der Waals surface area (Å²) in [6.07, 6.45) is 4.43. The lowest BCUT2D eigenvalue weighted by molar-refractivity contribution is -0.140. The molecule has 16 heavy (non-hydrogen) atoms. The van der Waals surface area contributed by atoms with E-state index in [1.165, 1.54) is 12.0 Å². The molecular weight excluding hydrogens is 208 g/mol. The molecule has 0 aliphatic carbocycles. The molecule has 0 saturated heterocycles. The molecule has 0 bridgehead atoms. The zero-order valence-corrected chi connectivity index (χ0v) is 8.97. The van der Waals surface area contributed by atoms with E-state index >= 15 is 0 Å². The van der Waals surface area contributed by atoms with Gasteiger partial charge in [-0.25, -0.2) is 0 Å². The second kappa shape index (κ2) is 4.30. The first-order valence-corrected chi connectivity index (χ1v) is 5.02. The minimum Gasteiger partial charge on any atom is -0.468 e. The Morgan fingerprint density at radius 1 is 1.56 bits per heavy atom. The maximum absolute atomic E-state index is 11.7. The molecule has 0 aromatic carbocycles. The number of carbonyl (C=O) groups excluding carboxylic acids is 2. The molecule has 84 valence electrons. The van der Waals surface area contributed by atoms with Gasteiger partial charge in [0, 0.05) is 18.8 Å². The van der Waals surface area contributed by atoms with Crippen LogP contribution in [0, 0.1) is 0 Å². The quantitative estimate of drug-likeness (QED) is 0.682. The van der Waals surface area contributed by atoms with Gasteiger partial charge in [-0.3, -0.25) is 14.6 Å². The van der Waals surface area contributed by atoms with Crippen molar-refractivity contribution in [2.45, 2.75) is 12.8 Å². The number of pyridine rings is 1. The monoisotopic (exact) mass is 220 g/mol. The van der Waals surface area contributed by atoms with Gasteiger partial charge in [0.2, 0.25) is 5.91 Å². The zero-order chi connectivity index (χ0) is 11.5. The number of anilines is 1. The molecule has 2 heterocycles. The zero-order valence-electron chi connectivity index (χ0n) is 8.97. The summed E-state index contributed by atoms with van der Waals surface area (Å²) in [6.45, 7) is -0.0354. The number of amides is 1. The van der Waals surface area contributed by atoms with E-state index in [1.807, 2.05) is 0 Å². The summed E-state index contributed by atoms with van der Waals surface area (Å²) in [5.74, 6) is -0.470. The van der Waals surface area contributed by atoms with Crippen molar-refractivity contribution in [2.24, 2.45) is 0 Å². The normalized spacial score (nSPS) is 14.6. The van der Waals surface area contributed by atoms with E-state index in [0.29, 0.717) is 12.8 Å². The number of hydrogen-bond acceptors (Lipinski definition) is 4. The summed E-state index contributed by atoms with van der Waals surface area (Å²) in [6, 6.07) is 1.75. The average Bonchev–Trinajstić information content (AvgIpc) is 2.32. The van der Waals surface area contributed by atoms with Gasteiger partial charge >= 0.3 is 5.97 Å². The number of hydrogen-bond donors (Lipinski definition) is 0. The molecule has 1 amide bonds. The lowest BCUT2D eigenvalue weighted by atomic mass is 10.0. The van der Waals surface area contributed by atoms with Crippen LogP contribution in [-0.2, 0) is 20.7 Å². The SMILES string of the molecule is COC(=O)CN1C(=O)CCc2cnccc21. The van der Waals surface area contributed by atoms with Crippen LogP contribution >= 0.6 is 0 Å². The smallest absolute Gasteiger partial charge is 0.325 e. The van der Waals surface area contributed by atoms with Crippen LogP contribution in [0.1, 0.15) is 12.0 Å². The lowest BCUT2D eigenvalue weighted by Crippen LogP contribution is -2.39. The Kier molecular flexibility index (Phi) is 2.85. The van der Waals surface area contributed by atoms with Crippen LogP contribution in [0.4, 0.5) is 5.69 Å². The van der Waals surface area contributed by atoms with Crippen molar-refractivity contribution in [3.63, 3.8) is 0 Å². The summed E-state index contributed by atoms with van der Waals surface area (Å²) in [4.78, 5) is 28.4. The second-order valence-electron chi connectivity index (χ2n) is 3.56. The first-order chi connectivity index (χ1) is 7.72. The fraction of sp³-hybridized carbons (Fsp3) is 0.364. The predicted octanol–water partition coefficient (Wildman–Crippen LogP) is 0.534. The Morgan fingerprint density at radius 2 is 2.38 bits per heavy atom. The number of fused-ring (bicyclic) bond motifs is 1. The Labute approximate surface area is 93.0 Å². The average molecular weight is 220 g/mol. The molecule has 0 radical (unpaired) electrons. The molecule has 0 N–H and O–H groups in total. The fourth-order valence-electron chi connectivity index (χ4n) is 1.75. The van der Waals surface area contributed by atoms with Gasteiger partial charge < -0.3 is 9.64 Å². The Hall–Kier alpha value is -1.91. The van der Waals surface area contributed by atoms with Crippen molar-refractivity contribution in [3.8, 4) is 0 Å². The molecule has 2 rings (SSSR count). The van der Waals surface area contributed by atoms with Gasteiger partial charge in [0.1, 0.15) is 6.54 Å². The fourth-order valence-corrected chi connectivity index (χ4v) is 1.75. The van der Waals surface area contributed by atoms with Crippen molar-refractivity contribution < 1.29 is 14.3 Å². The van der Waals surface area contributed by atoms with Crippen LogP contribution in [-0.4, -0.2) is 30.5 Å². The number of aryl methyl sites for hydroxylation is 1. The summed E-state index contributed by atoms with van der Waals surface area (Å²) in [7, 11) is 1.31. The first kappa shape index (κ1) is 10.6. The number of ether oxygens (including phenoxy) is 1. The maximum atomic E-state index is 11.7. The molecule has 1 aliphatic heterocycles.